The minimum Gasteiger partial charge on any atom is -0.295 e. The van der Waals surface area contributed by atoms with Crippen LogP contribution in [0.15, 0.2) is 30.3 Å². The maximum atomic E-state index is 12.1. The van der Waals surface area contributed by atoms with Gasteiger partial charge in [-0.3, -0.25) is 4.79 Å². The van der Waals surface area contributed by atoms with Crippen LogP contribution in [0.3, 0.4) is 0 Å². The first kappa shape index (κ1) is 13.2. The van der Waals surface area contributed by atoms with Gasteiger partial charge in [0.1, 0.15) is 0 Å². The molecule has 0 unspecified atom stereocenters. The summed E-state index contributed by atoms with van der Waals surface area (Å²) in [7, 11) is -1.50. The van der Waals surface area contributed by atoms with Gasteiger partial charge in [0, 0.05) is 11.6 Å². The third-order valence-electron chi connectivity index (χ3n) is 3.73. The first-order valence-electron chi connectivity index (χ1n) is 5.82. The van der Waals surface area contributed by atoms with E-state index in [-0.39, 0.29) is 5.04 Å². The average molecular weight is 234 g/mol. The van der Waals surface area contributed by atoms with Crippen LogP contribution in [0.2, 0.25) is 24.2 Å². The smallest absolute Gasteiger partial charge is 0.160 e. The van der Waals surface area contributed by atoms with Gasteiger partial charge in [-0.05, 0) is 5.04 Å². The Morgan fingerprint density at radius 1 is 1.12 bits per heavy atom. The van der Waals surface area contributed by atoms with Crippen LogP contribution in [0, 0.1) is 0 Å². The molecule has 1 rings (SSSR count). The van der Waals surface area contributed by atoms with Gasteiger partial charge in [0.2, 0.25) is 0 Å². The number of ketones is 1. The van der Waals surface area contributed by atoms with Crippen molar-refractivity contribution in [2.75, 3.05) is 0 Å². The van der Waals surface area contributed by atoms with Crippen LogP contribution < -0.4 is 0 Å². The number of hydrogen-bond donors (Lipinski definition) is 0. The van der Waals surface area contributed by atoms with E-state index in [1.807, 2.05) is 30.3 Å². The van der Waals surface area contributed by atoms with Crippen molar-refractivity contribution in [3.8, 4) is 0 Å². The molecule has 0 spiro atoms. The summed E-state index contributed by atoms with van der Waals surface area (Å²) in [6.07, 6.45) is 0. The molecule has 1 aromatic carbocycles. The molecule has 0 fully saturated rings. The maximum Gasteiger partial charge on any atom is 0.160 e. The van der Waals surface area contributed by atoms with Crippen molar-refractivity contribution in [3.05, 3.63) is 35.9 Å². The van der Waals surface area contributed by atoms with E-state index in [0.29, 0.717) is 5.78 Å². The average Bonchev–Trinajstić information content (AvgIpc) is 2.16. The molecule has 0 aliphatic carbocycles. The van der Waals surface area contributed by atoms with E-state index in [2.05, 4.69) is 33.9 Å². The fraction of sp³-hybridized carbons (Fsp3) is 0.500. The minimum atomic E-state index is -1.50. The van der Waals surface area contributed by atoms with Crippen LogP contribution in [-0.2, 0) is 0 Å². The quantitative estimate of drug-likeness (QED) is 0.560. The zero-order valence-corrected chi connectivity index (χ0v) is 12.0. The monoisotopic (exact) mass is 234 g/mol. The van der Waals surface area contributed by atoms with Gasteiger partial charge in [-0.1, -0.05) is 64.2 Å². The summed E-state index contributed by atoms with van der Waals surface area (Å²) in [5.41, 5.74) is 0.854. The van der Waals surface area contributed by atoms with Crippen LogP contribution in [0.4, 0.5) is 0 Å². The topological polar surface area (TPSA) is 17.1 Å². The Hall–Kier alpha value is -0.893. The summed E-state index contributed by atoms with van der Waals surface area (Å²) in [5, 5.41) is 0.275. The number of carbonyl (C=O) groups excluding carboxylic acids is 1. The molecule has 2 heteroatoms. The van der Waals surface area contributed by atoms with E-state index >= 15 is 0 Å². The van der Waals surface area contributed by atoms with Gasteiger partial charge in [-0.2, -0.15) is 0 Å². The van der Waals surface area contributed by atoms with Crippen LogP contribution >= 0.6 is 0 Å². The summed E-state index contributed by atoms with van der Waals surface area (Å²) < 4.78 is 0. The molecule has 88 valence electrons. The third kappa shape index (κ3) is 3.05. The summed E-state index contributed by atoms with van der Waals surface area (Å²) in [6, 6.07) is 10.4. The number of carbonyl (C=O) groups is 1. The first-order valence-corrected chi connectivity index (χ1v) is 9.03. The third-order valence-corrected chi connectivity index (χ3v) is 8.99. The van der Waals surface area contributed by atoms with Crippen LogP contribution in [0.25, 0.3) is 0 Å². The standard InChI is InChI=1S/C14H22OSi/c1-14(2,3)16(4,5)11-13(15)12-9-7-6-8-10-12/h6-10H,11H2,1-5H3. The highest BCUT2D eigenvalue weighted by Gasteiger charge is 2.36. The molecule has 0 heterocycles. The van der Waals surface area contributed by atoms with Gasteiger partial charge in [-0.15, -0.1) is 0 Å². The van der Waals surface area contributed by atoms with Crippen LogP contribution in [0.5, 0.6) is 0 Å². The van der Waals surface area contributed by atoms with Crippen molar-refractivity contribution < 1.29 is 4.79 Å². The molecule has 0 aliphatic heterocycles. The van der Waals surface area contributed by atoms with E-state index < -0.39 is 8.07 Å². The molecule has 1 aromatic rings. The first-order chi connectivity index (χ1) is 7.24. The second-order valence-electron chi connectivity index (χ2n) is 6.10. The molecule has 0 N–H and O–H groups in total. The molecule has 0 saturated heterocycles. The van der Waals surface area contributed by atoms with Crippen LogP contribution in [0.1, 0.15) is 31.1 Å². The molecule has 0 aromatic heterocycles. The van der Waals surface area contributed by atoms with Gasteiger partial charge in [0.25, 0.3) is 0 Å². The highest BCUT2D eigenvalue weighted by molar-refractivity contribution is 6.82. The molecule has 0 aliphatic rings. The normalized spacial score (nSPS) is 12.6. The Morgan fingerprint density at radius 2 is 1.62 bits per heavy atom. The second-order valence-corrected chi connectivity index (χ2v) is 11.7. The van der Waals surface area contributed by atoms with Crippen LogP contribution in [-0.4, -0.2) is 13.9 Å². The largest absolute Gasteiger partial charge is 0.295 e. The van der Waals surface area contributed by atoms with Gasteiger partial charge in [-0.25, -0.2) is 0 Å². The van der Waals surface area contributed by atoms with Crippen molar-refractivity contribution in [1.29, 1.82) is 0 Å². The van der Waals surface area contributed by atoms with E-state index in [1.54, 1.807) is 0 Å². The number of benzene rings is 1. The van der Waals surface area contributed by atoms with Gasteiger partial charge in [0.15, 0.2) is 5.78 Å². The zero-order chi connectivity index (χ0) is 12.4. The Labute approximate surface area is 99.9 Å². The van der Waals surface area contributed by atoms with Gasteiger partial charge >= 0.3 is 0 Å². The zero-order valence-electron chi connectivity index (χ0n) is 11.0. The molecule has 0 bridgehead atoms. The Bertz CT molecular complexity index is 360. The summed E-state index contributed by atoms with van der Waals surface area (Å²) >= 11 is 0. The number of rotatable bonds is 3. The Balaban J connectivity index is 2.80. The van der Waals surface area contributed by atoms with Crippen molar-refractivity contribution in [1.82, 2.24) is 0 Å². The molecule has 0 atom stereocenters. The highest BCUT2D eigenvalue weighted by atomic mass is 28.3. The van der Waals surface area contributed by atoms with Crippen molar-refractivity contribution in [2.24, 2.45) is 0 Å². The fourth-order valence-corrected chi connectivity index (χ4v) is 2.93. The lowest BCUT2D eigenvalue weighted by atomic mass is 10.1. The molecule has 16 heavy (non-hydrogen) atoms. The van der Waals surface area contributed by atoms with E-state index in [9.17, 15) is 4.79 Å². The Kier molecular flexibility index (Phi) is 3.74. The highest BCUT2D eigenvalue weighted by Crippen LogP contribution is 2.39. The van der Waals surface area contributed by atoms with Gasteiger partial charge < -0.3 is 0 Å². The second kappa shape index (κ2) is 4.54. The molecule has 1 nitrogen and oxygen atoms in total. The van der Waals surface area contributed by atoms with E-state index in [0.717, 1.165) is 11.6 Å². The summed E-state index contributed by atoms with van der Waals surface area (Å²) in [4.78, 5) is 12.1. The maximum absolute atomic E-state index is 12.1. The fourth-order valence-electron chi connectivity index (χ4n) is 1.39. The molecular formula is C14H22OSi. The lowest BCUT2D eigenvalue weighted by Crippen LogP contribution is -2.39. The predicted molar refractivity (Wildman–Crippen MR) is 72.8 cm³/mol. The van der Waals surface area contributed by atoms with Crippen molar-refractivity contribution in [3.63, 3.8) is 0 Å². The minimum absolute atomic E-state index is 0.275. The SMILES string of the molecule is CC(C)(C)[Si](C)(C)CC(=O)c1ccccc1. The Morgan fingerprint density at radius 3 is 2.06 bits per heavy atom. The lowest BCUT2D eigenvalue weighted by molar-refractivity contribution is 0.101. The van der Waals surface area contributed by atoms with Gasteiger partial charge in [0.05, 0.1) is 8.07 Å². The van der Waals surface area contributed by atoms with Crippen molar-refractivity contribution >= 4 is 13.9 Å². The van der Waals surface area contributed by atoms with Crippen molar-refractivity contribution in [2.45, 2.75) is 44.9 Å². The van der Waals surface area contributed by atoms with E-state index in [4.69, 9.17) is 0 Å². The molecule has 0 radical (unpaired) electrons. The lowest BCUT2D eigenvalue weighted by Gasteiger charge is -2.36. The predicted octanol–water partition coefficient (Wildman–Crippen LogP) is 4.38. The molecule has 0 saturated carbocycles. The number of Topliss-reactive ketones (excluding diaryl/α,β-unsaturated/α-hetero) is 1. The molecular weight excluding hydrogens is 212 g/mol. The summed E-state index contributed by atoms with van der Waals surface area (Å²) in [6.45, 7) is 11.3. The molecule has 0 amide bonds. The van der Waals surface area contributed by atoms with E-state index in [1.165, 1.54) is 0 Å². The summed E-state index contributed by atoms with van der Waals surface area (Å²) in [5.74, 6) is 0.298. The number of hydrogen-bond acceptors (Lipinski definition) is 1.